The number of amidine groups is 1. The fourth-order valence-electron chi connectivity index (χ4n) is 0.374. The minimum atomic E-state index is 0.153. The molecule has 0 saturated carbocycles. The molecule has 0 aromatic carbocycles. The van der Waals surface area contributed by atoms with Crippen molar-refractivity contribution in [2.45, 2.75) is 19.9 Å². The van der Waals surface area contributed by atoms with Gasteiger partial charge in [0.25, 0.3) is 0 Å². The van der Waals surface area contributed by atoms with Crippen LogP contribution in [0.2, 0.25) is 0 Å². The predicted octanol–water partition coefficient (Wildman–Crippen LogP) is 0.938. The Morgan fingerprint density at radius 2 is 2.38 bits per heavy atom. The lowest BCUT2D eigenvalue weighted by Crippen LogP contribution is -2.08. The molecule has 0 bridgehead atoms. The van der Waals surface area contributed by atoms with E-state index in [1.165, 1.54) is 0 Å². The first-order valence-electron chi connectivity index (χ1n) is 2.59. The normalized spacial score (nSPS) is 15.5. The molecule has 8 heavy (non-hydrogen) atoms. The van der Waals surface area contributed by atoms with Crippen molar-refractivity contribution in [2.24, 2.45) is 10.7 Å². The third kappa shape index (κ3) is 3.40. The van der Waals surface area contributed by atoms with E-state index >= 15 is 0 Å². The van der Waals surface area contributed by atoms with Crippen LogP contribution < -0.4 is 5.73 Å². The van der Waals surface area contributed by atoms with Gasteiger partial charge in [-0.05, 0) is 13.8 Å². The van der Waals surface area contributed by atoms with Crippen molar-refractivity contribution in [3.63, 3.8) is 0 Å². The Kier molecular flexibility index (Phi) is 2.92. The van der Waals surface area contributed by atoms with Crippen LogP contribution in [0.15, 0.2) is 17.6 Å². The van der Waals surface area contributed by atoms with Crippen LogP contribution in [0.25, 0.3) is 0 Å². The van der Waals surface area contributed by atoms with Crippen molar-refractivity contribution in [1.82, 2.24) is 0 Å². The van der Waals surface area contributed by atoms with Crippen molar-refractivity contribution in [2.75, 3.05) is 0 Å². The zero-order valence-electron chi connectivity index (χ0n) is 5.39. The van der Waals surface area contributed by atoms with Gasteiger partial charge < -0.3 is 5.73 Å². The zero-order chi connectivity index (χ0) is 6.57. The fraction of sp³-hybridized carbons (Fsp3) is 0.500. The van der Waals surface area contributed by atoms with Gasteiger partial charge in [0.1, 0.15) is 0 Å². The van der Waals surface area contributed by atoms with Crippen molar-refractivity contribution >= 4 is 5.84 Å². The van der Waals surface area contributed by atoms with Crippen LogP contribution in [-0.4, -0.2) is 11.9 Å². The van der Waals surface area contributed by atoms with Gasteiger partial charge in [0.15, 0.2) is 0 Å². The highest BCUT2D eigenvalue weighted by atomic mass is 14.9. The van der Waals surface area contributed by atoms with E-state index in [0.717, 1.165) is 0 Å². The molecule has 2 N–H and O–H groups in total. The van der Waals surface area contributed by atoms with Gasteiger partial charge in [-0.3, -0.25) is 4.99 Å². The summed E-state index contributed by atoms with van der Waals surface area (Å²) < 4.78 is 0. The summed E-state index contributed by atoms with van der Waals surface area (Å²) in [7, 11) is 0. The summed E-state index contributed by atoms with van der Waals surface area (Å²) in [5.41, 5.74) is 5.27. The number of aliphatic imine (C=N–C) groups is 1. The summed E-state index contributed by atoms with van der Waals surface area (Å²) in [5, 5.41) is 0. The van der Waals surface area contributed by atoms with E-state index in [1.807, 2.05) is 6.92 Å². The molecule has 0 amide bonds. The molecule has 0 radical (unpaired) electrons. The lowest BCUT2D eigenvalue weighted by molar-refractivity contribution is 0.924. The molecule has 0 aliphatic carbocycles. The molecule has 0 aliphatic heterocycles. The molecule has 2 heteroatoms. The molecule has 0 saturated heterocycles. The van der Waals surface area contributed by atoms with Crippen LogP contribution in [0.3, 0.4) is 0 Å². The Morgan fingerprint density at radius 1 is 1.88 bits per heavy atom. The van der Waals surface area contributed by atoms with Crippen molar-refractivity contribution in [3.05, 3.63) is 12.7 Å². The largest absolute Gasteiger partial charge is 0.388 e. The number of hydrogen-bond donors (Lipinski definition) is 1. The first-order valence-corrected chi connectivity index (χ1v) is 2.59. The van der Waals surface area contributed by atoms with Crippen molar-refractivity contribution in [1.29, 1.82) is 0 Å². The first kappa shape index (κ1) is 7.21. The molecular weight excluding hydrogens is 100 g/mol. The third-order valence-electron chi connectivity index (χ3n) is 0.748. The van der Waals surface area contributed by atoms with Gasteiger partial charge in [-0.25, -0.2) is 0 Å². The highest BCUT2D eigenvalue weighted by molar-refractivity contribution is 5.77. The van der Waals surface area contributed by atoms with Gasteiger partial charge in [0.2, 0.25) is 0 Å². The second kappa shape index (κ2) is 3.24. The first-order chi connectivity index (χ1) is 3.66. The van der Waals surface area contributed by atoms with Gasteiger partial charge in [-0.1, -0.05) is 6.08 Å². The summed E-state index contributed by atoms with van der Waals surface area (Å²) in [6, 6.07) is 0.153. The number of rotatable bonds is 2. The second-order valence-electron chi connectivity index (χ2n) is 1.75. The van der Waals surface area contributed by atoms with E-state index in [1.54, 1.807) is 13.0 Å². The number of hydrogen-bond acceptors (Lipinski definition) is 1. The minimum absolute atomic E-state index is 0.153. The Bertz CT molecular complexity index is 101. The summed E-state index contributed by atoms with van der Waals surface area (Å²) in [5.74, 6) is 0.609. The van der Waals surface area contributed by atoms with Crippen LogP contribution in [-0.2, 0) is 0 Å². The second-order valence-corrected chi connectivity index (χ2v) is 1.75. The Balaban J connectivity index is 3.68. The molecular formula is C6H12N2. The summed E-state index contributed by atoms with van der Waals surface area (Å²) in [6.07, 6.45) is 1.75. The van der Waals surface area contributed by atoms with Gasteiger partial charge >= 0.3 is 0 Å². The number of nitrogens with two attached hydrogens (primary N) is 1. The molecule has 0 heterocycles. The highest BCUT2D eigenvalue weighted by Gasteiger charge is 1.86. The lowest BCUT2D eigenvalue weighted by atomic mass is 10.3. The Hall–Kier alpha value is -0.790. The van der Waals surface area contributed by atoms with Crippen LogP contribution in [0.1, 0.15) is 13.8 Å². The summed E-state index contributed by atoms with van der Waals surface area (Å²) in [4.78, 5) is 3.97. The maximum absolute atomic E-state index is 5.27. The van der Waals surface area contributed by atoms with Crippen molar-refractivity contribution in [3.8, 4) is 0 Å². The highest BCUT2D eigenvalue weighted by Crippen LogP contribution is 1.87. The zero-order valence-corrected chi connectivity index (χ0v) is 5.39. The van der Waals surface area contributed by atoms with Gasteiger partial charge in [0.05, 0.1) is 11.9 Å². The lowest BCUT2D eigenvalue weighted by Gasteiger charge is -1.95. The van der Waals surface area contributed by atoms with E-state index < -0.39 is 0 Å². The molecule has 0 aromatic rings. The predicted molar refractivity (Wildman–Crippen MR) is 37.0 cm³/mol. The molecule has 0 aromatic heterocycles. The molecule has 46 valence electrons. The average Bonchev–Trinajstić information content (AvgIpc) is 1.65. The smallest absolute Gasteiger partial charge is 0.0912 e. The summed E-state index contributed by atoms with van der Waals surface area (Å²) in [6.45, 7) is 7.25. The molecule has 2 nitrogen and oxygen atoms in total. The minimum Gasteiger partial charge on any atom is -0.388 e. The molecule has 0 aliphatic rings. The van der Waals surface area contributed by atoms with Crippen molar-refractivity contribution < 1.29 is 0 Å². The maximum atomic E-state index is 5.27. The van der Waals surface area contributed by atoms with E-state index in [9.17, 15) is 0 Å². The van der Waals surface area contributed by atoms with E-state index in [2.05, 4.69) is 11.6 Å². The van der Waals surface area contributed by atoms with Crippen LogP contribution in [0.5, 0.6) is 0 Å². The molecule has 0 rings (SSSR count). The van der Waals surface area contributed by atoms with Gasteiger partial charge in [-0.2, -0.15) is 0 Å². The standard InChI is InChI=1S/C6H12N2/c1-4-5(2)8-6(3)7/h4-5H,1H2,2-3H3,(H2,7,8). The Labute approximate surface area is 50.1 Å². The van der Waals surface area contributed by atoms with Gasteiger partial charge in [0, 0.05) is 0 Å². The van der Waals surface area contributed by atoms with E-state index in [-0.39, 0.29) is 6.04 Å². The van der Waals surface area contributed by atoms with E-state index in [4.69, 9.17) is 5.73 Å². The quantitative estimate of drug-likeness (QED) is 0.322. The summed E-state index contributed by atoms with van der Waals surface area (Å²) >= 11 is 0. The number of nitrogens with zero attached hydrogens (tertiary/aromatic N) is 1. The molecule has 0 fully saturated rings. The molecule has 1 atom stereocenters. The maximum Gasteiger partial charge on any atom is 0.0912 e. The SMILES string of the molecule is C=CC(C)N=C(C)N. The molecule has 0 spiro atoms. The monoisotopic (exact) mass is 112 g/mol. The Morgan fingerprint density at radius 3 is 2.50 bits per heavy atom. The topological polar surface area (TPSA) is 38.4 Å². The van der Waals surface area contributed by atoms with Crippen LogP contribution in [0, 0.1) is 0 Å². The molecule has 1 unspecified atom stereocenters. The van der Waals surface area contributed by atoms with Crippen LogP contribution >= 0.6 is 0 Å². The fourth-order valence-corrected chi connectivity index (χ4v) is 0.374. The van der Waals surface area contributed by atoms with Gasteiger partial charge in [-0.15, -0.1) is 6.58 Å². The average molecular weight is 112 g/mol. The van der Waals surface area contributed by atoms with E-state index in [0.29, 0.717) is 5.84 Å². The third-order valence-corrected chi connectivity index (χ3v) is 0.748. The van der Waals surface area contributed by atoms with Crippen LogP contribution in [0.4, 0.5) is 0 Å².